The Morgan fingerprint density at radius 1 is 1.05 bits per heavy atom. The first-order chi connectivity index (χ1) is 17.8. The number of aryl methyl sites for hydroxylation is 1. The van der Waals surface area contributed by atoms with E-state index in [0.29, 0.717) is 16.1 Å². The lowest BCUT2D eigenvalue weighted by atomic mass is 10.1. The van der Waals surface area contributed by atoms with E-state index in [0.717, 1.165) is 40.7 Å². The van der Waals surface area contributed by atoms with Crippen LogP contribution in [0.1, 0.15) is 28.4 Å². The molecule has 0 aliphatic heterocycles. The Bertz CT molecular complexity index is 1610. The summed E-state index contributed by atoms with van der Waals surface area (Å²) in [7, 11) is 0. The number of alkyl halides is 3. The number of aromatic amines is 1. The molecule has 0 fully saturated rings. The minimum Gasteiger partial charge on any atom is -0.360 e. The van der Waals surface area contributed by atoms with E-state index in [1.54, 1.807) is 30.5 Å². The van der Waals surface area contributed by atoms with E-state index >= 15 is 0 Å². The first kappa shape index (κ1) is 25.1. The zero-order valence-corrected chi connectivity index (χ0v) is 21.1. The van der Waals surface area contributed by atoms with Crippen LogP contribution in [0.25, 0.3) is 28.0 Å². The monoisotopic (exact) mass is 540 g/mol. The summed E-state index contributed by atoms with van der Waals surface area (Å²) in [6.45, 7) is 2.04. The normalized spacial score (nSPS) is 11.8. The number of aromatic nitrogens is 4. The number of thioether (sulfide) groups is 1. The molecule has 1 N–H and O–H groups in total. The Labute approximate surface area is 219 Å². The molecule has 3 aromatic carbocycles. The molecule has 10 heteroatoms. The third-order valence-corrected chi connectivity index (χ3v) is 7.15. The van der Waals surface area contributed by atoms with E-state index in [1.165, 1.54) is 22.8 Å². The number of carbonyl (C=O) groups is 1. The van der Waals surface area contributed by atoms with Crippen molar-refractivity contribution in [3.8, 4) is 17.1 Å². The Kier molecular flexibility index (Phi) is 6.83. The molecule has 0 aliphatic rings. The molecule has 0 spiro atoms. The second kappa shape index (κ2) is 10.1. The molecular formula is C27H20ClF3N4OS. The van der Waals surface area contributed by atoms with Crippen LogP contribution in [-0.2, 0) is 12.6 Å². The maximum absolute atomic E-state index is 13.9. The number of nitrogens with one attached hydrogen (secondary N) is 1. The van der Waals surface area contributed by atoms with Crippen LogP contribution in [0.15, 0.2) is 78.1 Å². The SMILES string of the molecule is CCc1cccc2c(C(=O)CSc3nnc(-c4cccc(Cl)c4)n3-c3ccccc3C(F)(F)F)c[nH]c12. The van der Waals surface area contributed by atoms with Gasteiger partial charge < -0.3 is 4.98 Å². The summed E-state index contributed by atoms with van der Waals surface area (Å²) >= 11 is 7.17. The smallest absolute Gasteiger partial charge is 0.360 e. The van der Waals surface area contributed by atoms with E-state index in [-0.39, 0.29) is 28.2 Å². The van der Waals surface area contributed by atoms with Gasteiger partial charge in [-0.1, -0.05) is 72.8 Å². The predicted octanol–water partition coefficient (Wildman–Crippen LogP) is 7.63. The Hall–Kier alpha value is -3.56. The fourth-order valence-corrected chi connectivity index (χ4v) is 5.27. The highest BCUT2D eigenvalue weighted by Crippen LogP contribution is 2.38. The number of H-pyrrole nitrogens is 1. The summed E-state index contributed by atoms with van der Waals surface area (Å²) in [6, 6.07) is 17.6. The van der Waals surface area contributed by atoms with Crippen LogP contribution in [0.2, 0.25) is 5.02 Å². The van der Waals surface area contributed by atoms with Gasteiger partial charge in [0.1, 0.15) is 0 Å². The molecule has 2 heterocycles. The Morgan fingerprint density at radius 3 is 2.59 bits per heavy atom. The van der Waals surface area contributed by atoms with E-state index in [2.05, 4.69) is 15.2 Å². The number of hydrogen-bond acceptors (Lipinski definition) is 4. The maximum Gasteiger partial charge on any atom is 0.418 e. The van der Waals surface area contributed by atoms with E-state index in [1.807, 2.05) is 25.1 Å². The Balaban J connectivity index is 1.55. The Morgan fingerprint density at radius 2 is 1.84 bits per heavy atom. The van der Waals surface area contributed by atoms with E-state index in [9.17, 15) is 18.0 Å². The van der Waals surface area contributed by atoms with Crippen molar-refractivity contribution in [3.63, 3.8) is 0 Å². The molecule has 0 radical (unpaired) electrons. The van der Waals surface area contributed by atoms with Crippen LogP contribution in [0.3, 0.4) is 0 Å². The summed E-state index contributed by atoms with van der Waals surface area (Å²) in [5.74, 6) is -0.0214. The number of benzene rings is 3. The second-order valence-electron chi connectivity index (χ2n) is 8.27. The predicted molar refractivity (Wildman–Crippen MR) is 140 cm³/mol. The van der Waals surface area contributed by atoms with E-state index < -0.39 is 11.7 Å². The largest absolute Gasteiger partial charge is 0.418 e. The van der Waals surface area contributed by atoms with Crippen molar-refractivity contribution in [3.05, 3.63) is 94.6 Å². The van der Waals surface area contributed by atoms with Crippen molar-refractivity contribution in [2.24, 2.45) is 0 Å². The van der Waals surface area contributed by atoms with Crippen LogP contribution in [0.5, 0.6) is 0 Å². The van der Waals surface area contributed by atoms with Crippen molar-refractivity contribution in [2.45, 2.75) is 24.7 Å². The highest BCUT2D eigenvalue weighted by atomic mass is 35.5. The topological polar surface area (TPSA) is 63.6 Å². The van der Waals surface area contributed by atoms with E-state index in [4.69, 9.17) is 11.6 Å². The molecule has 2 aromatic heterocycles. The quantitative estimate of drug-likeness (QED) is 0.170. The summed E-state index contributed by atoms with van der Waals surface area (Å²) in [6.07, 6.45) is -2.12. The third-order valence-electron chi connectivity index (χ3n) is 5.98. The molecule has 5 rings (SSSR count). The van der Waals surface area contributed by atoms with Crippen LogP contribution in [-0.4, -0.2) is 31.3 Å². The van der Waals surface area contributed by atoms with Gasteiger partial charge in [0, 0.05) is 33.2 Å². The maximum atomic E-state index is 13.9. The second-order valence-corrected chi connectivity index (χ2v) is 9.65. The number of Topliss-reactive ketones (excluding diaryl/α,β-unsaturated/α-hetero) is 1. The van der Waals surface area contributed by atoms with Gasteiger partial charge in [-0.15, -0.1) is 10.2 Å². The molecule has 5 nitrogen and oxygen atoms in total. The number of hydrogen-bond donors (Lipinski definition) is 1. The van der Waals surface area contributed by atoms with Crippen molar-refractivity contribution in [2.75, 3.05) is 5.75 Å². The highest BCUT2D eigenvalue weighted by molar-refractivity contribution is 7.99. The fraction of sp³-hybridized carbons (Fsp3) is 0.148. The highest BCUT2D eigenvalue weighted by Gasteiger charge is 2.35. The third kappa shape index (κ3) is 4.89. The molecule has 0 amide bonds. The number of carbonyl (C=O) groups excluding carboxylic acids is 1. The number of ketones is 1. The molecule has 37 heavy (non-hydrogen) atoms. The summed E-state index contributed by atoms with van der Waals surface area (Å²) in [5.41, 5.74) is 2.05. The average molecular weight is 541 g/mol. The van der Waals surface area contributed by atoms with Gasteiger partial charge in [-0.25, -0.2) is 0 Å². The molecule has 0 atom stereocenters. The van der Waals surface area contributed by atoms with Crippen LogP contribution < -0.4 is 0 Å². The minimum atomic E-state index is -4.61. The number of halogens is 4. The number of para-hydroxylation sites is 2. The van der Waals surface area contributed by atoms with Crippen molar-refractivity contribution in [1.29, 1.82) is 0 Å². The molecule has 0 bridgehead atoms. The lowest BCUT2D eigenvalue weighted by Gasteiger charge is -2.16. The van der Waals surface area contributed by atoms with Crippen molar-refractivity contribution >= 4 is 40.0 Å². The molecular weight excluding hydrogens is 521 g/mol. The molecule has 0 unspecified atom stereocenters. The molecule has 188 valence electrons. The van der Waals surface area contributed by atoms with Gasteiger partial charge in [0.15, 0.2) is 16.8 Å². The summed E-state index contributed by atoms with van der Waals surface area (Å²) in [5, 5.41) is 9.74. The zero-order chi connectivity index (χ0) is 26.2. The zero-order valence-electron chi connectivity index (χ0n) is 19.5. The summed E-state index contributed by atoms with van der Waals surface area (Å²) in [4.78, 5) is 16.4. The molecule has 0 saturated carbocycles. The van der Waals surface area contributed by atoms with Crippen LogP contribution in [0, 0.1) is 0 Å². The molecule has 5 aromatic rings. The van der Waals surface area contributed by atoms with Gasteiger partial charge >= 0.3 is 6.18 Å². The van der Waals surface area contributed by atoms with Crippen LogP contribution >= 0.6 is 23.4 Å². The van der Waals surface area contributed by atoms with Gasteiger partial charge in [-0.05, 0) is 36.2 Å². The lowest BCUT2D eigenvalue weighted by molar-refractivity contribution is -0.137. The van der Waals surface area contributed by atoms with Gasteiger partial charge in [-0.2, -0.15) is 13.2 Å². The number of rotatable bonds is 7. The number of fused-ring (bicyclic) bond motifs is 1. The number of nitrogens with zero attached hydrogens (tertiary/aromatic N) is 3. The lowest BCUT2D eigenvalue weighted by Crippen LogP contribution is -2.12. The fourth-order valence-electron chi connectivity index (χ4n) is 4.25. The van der Waals surface area contributed by atoms with Gasteiger partial charge in [0.2, 0.25) is 0 Å². The minimum absolute atomic E-state index is 0.0365. The standard InChI is InChI=1S/C27H20ClF3N4OS/c1-2-16-7-6-10-19-20(14-32-24(16)19)23(36)15-37-26-34-33-25(17-8-5-9-18(28)13-17)35(26)22-12-4-3-11-21(22)27(29,30)31/h3-14,32H,2,15H2,1H3. The summed E-state index contributed by atoms with van der Waals surface area (Å²) < 4.78 is 43.2. The average Bonchev–Trinajstić information content (AvgIpc) is 3.51. The molecule has 0 aliphatic carbocycles. The van der Waals surface area contributed by atoms with Gasteiger partial charge in [0.05, 0.1) is 17.0 Å². The van der Waals surface area contributed by atoms with Crippen molar-refractivity contribution < 1.29 is 18.0 Å². The first-order valence-corrected chi connectivity index (χ1v) is 12.8. The first-order valence-electron chi connectivity index (χ1n) is 11.4. The van der Waals surface area contributed by atoms with Gasteiger partial charge in [-0.3, -0.25) is 9.36 Å². The van der Waals surface area contributed by atoms with Crippen LogP contribution in [0.4, 0.5) is 13.2 Å². The van der Waals surface area contributed by atoms with Gasteiger partial charge in [0.25, 0.3) is 0 Å². The molecule has 0 saturated heterocycles. The van der Waals surface area contributed by atoms with Crippen molar-refractivity contribution in [1.82, 2.24) is 19.7 Å².